The van der Waals surface area contributed by atoms with Crippen LogP contribution in [0.1, 0.15) is 10.4 Å². The van der Waals surface area contributed by atoms with Crippen molar-refractivity contribution >= 4 is 49.1 Å². The van der Waals surface area contributed by atoms with E-state index in [1.54, 1.807) is 30.3 Å². The molecule has 2 aromatic carbocycles. The Kier molecular flexibility index (Phi) is 5.31. The maximum Gasteiger partial charge on any atom is 0.259 e. The molecule has 0 aliphatic rings. The number of anilines is 2. The number of methoxy groups -OCH3 is 2. The molecular formula is C15H14Br2N2O3. The predicted octanol–water partition coefficient (Wildman–Crippen LogP) is 4.06. The van der Waals surface area contributed by atoms with Crippen LogP contribution < -0.4 is 20.5 Å². The highest BCUT2D eigenvalue weighted by molar-refractivity contribution is 9.11. The van der Waals surface area contributed by atoms with Crippen molar-refractivity contribution in [1.82, 2.24) is 0 Å². The Morgan fingerprint density at radius 1 is 1.14 bits per heavy atom. The molecule has 0 unspecified atom stereocenters. The molecule has 0 fully saturated rings. The normalized spacial score (nSPS) is 10.2. The summed E-state index contributed by atoms with van der Waals surface area (Å²) in [5.41, 5.74) is 7.15. The molecule has 0 aliphatic carbocycles. The van der Waals surface area contributed by atoms with Crippen LogP contribution in [0.3, 0.4) is 0 Å². The SMILES string of the molecule is COc1ccc(N)cc1NC(=O)c1cc(Br)cc(Br)c1OC. The minimum absolute atomic E-state index is 0.331. The van der Waals surface area contributed by atoms with Crippen LogP contribution in [0.15, 0.2) is 39.3 Å². The van der Waals surface area contributed by atoms with E-state index in [0.29, 0.717) is 32.9 Å². The lowest BCUT2D eigenvalue weighted by Gasteiger charge is -2.14. The van der Waals surface area contributed by atoms with Crippen molar-refractivity contribution in [3.63, 3.8) is 0 Å². The molecule has 0 saturated heterocycles. The van der Waals surface area contributed by atoms with Crippen LogP contribution in [0.4, 0.5) is 11.4 Å². The summed E-state index contributed by atoms with van der Waals surface area (Å²) in [7, 11) is 3.03. The fraction of sp³-hybridized carbons (Fsp3) is 0.133. The predicted molar refractivity (Wildman–Crippen MR) is 93.8 cm³/mol. The Balaban J connectivity index is 2.40. The number of rotatable bonds is 4. The standard InChI is InChI=1S/C15H14Br2N2O3/c1-21-13-4-3-9(18)7-12(13)19-15(20)10-5-8(16)6-11(17)14(10)22-2/h3-7H,18H2,1-2H3,(H,19,20). The van der Waals surface area contributed by atoms with E-state index in [1.807, 2.05) is 0 Å². The molecule has 1 amide bonds. The fourth-order valence-corrected chi connectivity index (χ4v) is 3.34. The van der Waals surface area contributed by atoms with Crippen molar-refractivity contribution in [2.24, 2.45) is 0 Å². The molecule has 0 spiro atoms. The van der Waals surface area contributed by atoms with Gasteiger partial charge in [-0.1, -0.05) is 15.9 Å². The second kappa shape index (κ2) is 7.02. The third kappa shape index (κ3) is 3.53. The Morgan fingerprint density at radius 2 is 1.86 bits per heavy atom. The number of nitrogen functional groups attached to an aromatic ring is 1. The fourth-order valence-electron chi connectivity index (χ4n) is 1.95. The van der Waals surface area contributed by atoms with Crippen LogP contribution >= 0.6 is 31.9 Å². The zero-order valence-electron chi connectivity index (χ0n) is 11.9. The van der Waals surface area contributed by atoms with Crippen LogP contribution in [0, 0.1) is 0 Å². The largest absolute Gasteiger partial charge is 0.495 e. The number of benzene rings is 2. The third-order valence-corrected chi connectivity index (χ3v) is 3.98. The van der Waals surface area contributed by atoms with Gasteiger partial charge in [-0.3, -0.25) is 4.79 Å². The summed E-state index contributed by atoms with van der Waals surface area (Å²) in [4.78, 5) is 12.5. The van der Waals surface area contributed by atoms with Gasteiger partial charge in [0.15, 0.2) is 0 Å². The first-order chi connectivity index (χ1) is 10.5. The molecule has 0 aliphatic heterocycles. The van der Waals surface area contributed by atoms with Crippen molar-refractivity contribution in [2.75, 3.05) is 25.3 Å². The molecule has 7 heteroatoms. The van der Waals surface area contributed by atoms with E-state index < -0.39 is 0 Å². The van der Waals surface area contributed by atoms with Gasteiger partial charge in [0.1, 0.15) is 11.5 Å². The van der Waals surface area contributed by atoms with E-state index in [1.165, 1.54) is 14.2 Å². The van der Waals surface area contributed by atoms with Gasteiger partial charge in [0.25, 0.3) is 5.91 Å². The molecule has 0 bridgehead atoms. The minimum Gasteiger partial charge on any atom is -0.495 e. The smallest absolute Gasteiger partial charge is 0.259 e. The average Bonchev–Trinajstić information content (AvgIpc) is 2.46. The van der Waals surface area contributed by atoms with Gasteiger partial charge in [0.05, 0.1) is 29.9 Å². The number of halogens is 2. The summed E-state index contributed by atoms with van der Waals surface area (Å²) in [5.74, 6) is 0.641. The second-order valence-electron chi connectivity index (χ2n) is 4.38. The van der Waals surface area contributed by atoms with Crippen molar-refractivity contribution < 1.29 is 14.3 Å². The first kappa shape index (κ1) is 16.6. The maximum atomic E-state index is 12.5. The molecule has 22 heavy (non-hydrogen) atoms. The Hall–Kier alpha value is -1.73. The van der Waals surface area contributed by atoms with Gasteiger partial charge in [-0.2, -0.15) is 0 Å². The number of ether oxygens (including phenoxy) is 2. The van der Waals surface area contributed by atoms with Gasteiger partial charge in [-0.15, -0.1) is 0 Å². The highest BCUT2D eigenvalue weighted by Crippen LogP contribution is 2.34. The molecule has 116 valence electrons. The first-order valence-electron chi connectivity index (χ1n) is 6.24. The summed E-state index contributed by atoms with van der Waals surface area (Å²) >= 11 is 6.73. The number of hydrogen-bond donors (Lipinski definition) is 2. The lowest BCUT2D eigenvalue weighted by Crippen LogP contribution is -2.14. The number of amides is 1. The van der Waals surface area contributed by atoms with Gasteiger partial charge in [-0.25, -0.2) is 0 Å². The second-order valence-corrected chi connectivity index (χ2v) is 6.15. The van der Waals surface area contributed by atoms with E-state index in [-0.39, 0.29) is 5.91 Å². The van der Waals surface area contributed by atoms with Gasteiger partial charge >= 0.3 is 0 Å². The van der Waals surface area contributed by atoms with Crippen LogP contribution in [0.2, 0.25) is 0 Å². The number of hydrogen-bond acceptors (Lipinski definition) is 4. The zero-order valence-corrected chi connectivity index (χ0v) is 15.1. The molecule has 0 heterocycles. The van der Waals surface area contributed by atoms with Gasteiger partial charge in [0, 0.05) is 10.2 Å². The number of nitrogens with one attached hydrogen (secondary N) is 1. The van der Waals surface area contributed by atoms with Crippen LogP contribution in [-0.4, -0.2) is 20.1 Å². The lowest BCUT2D eigenvalue weighted by molar-refractivity contribution is 0.102. The Labute approximate surface area is 145 Å². The molecule has 2 aromatic rings. The quantitative estimate of drug-likeness (QED) is 0.718. The van der Waals surface area contributed by atoms with Crippen LogP contribution in [0.5, 0.6) is 11.5 Å². The van der Waals surface area contributed by atoms with E-state index >= 15 is 0 Å². The molecule has 0 aromatic heterocycles. The number of carbonyl (C=O) groups is 1. The van der Waals surface area contributed by atoms with E-state index in [9.17, 15) is 4.79 Å². The monoisotopic (exact) mass is 428 g/mol. The molecular weight excluding hydrogens is 416 g/mol. The minimum atomic E-state index is -0.331. The lowest BCUT2D eigenvalue weighted by atomic mass is 10.1. The van der Waals surface area contributed by atoms with E-state index in [0.717, 1.165) is 4.47 Å². The summed E-state index contributed by atoms with van der Waals surface area (Å²) in [6.07, 6.45) is 0. The highest BCUT2D eigenvalue weighted by Gasteiger charge is 2.18. The topological polar surface area (TPSA) is 73.6 Å². The number of nitrogens with two attached hydrogens (primary N) is 1. The molecule has 2 rings (SSSR count). The van der Waals surface area contributed by atoms with Crippen LogP contribution in [-0.2, 0) is 0 Å². The van der Waals surface area contributed by atoms with Crippen molar-refractivity contribution in [2.45, 2.75) is 0 Å². The molecule has 0 atom stereocenters. The van der Waals surface area contributed by atoms with Gasteiger partial charge in [-0.05, 0) is 46.3 Å². The molecule has 0 radical (unpaired) electrons. The summed E-state index contributed by atoms with van der Waals surface area (Å²) in [6.45, 7) is 0. The van der Waals surface area contributed by atoms with Gasteiger partial charge < -0.3 is 20.5 Å². The highest BCUT2D eigenvalue weighted by atomic mass is 79.9. The van der Waals surface area contributed by atoms with Crippen molar-refractivity contribution in [3.8, 4) is 11.5 Å². The van der Waals surface area contributed by atoms with E-state index in [2.05, 4.69) is 37.2 Å². The van der Waals surface area contributed by atoms with E-state index in [4.69, 9.17) is 15.2 Å². The summed E-state index contributed by atoms with van der Waals surface area (Å²) in [5, 5.41) is 2.78. The summed E-state index contributed by atoms with van der Waals surface area (Å²) < 4.78 is 11.9. The zero-order chi connectivity index (χ0) is 16.3. The maximum absolute atomic E-state index is 12.5. The molecule has 5 nitrogen and oxygen atoms in total. The summed E-state index contributed by atoms with van der Waals surface area (Å²) in [6, 6.07) is 8.51. The van der Waals surface area contributed by atoms with Crippen molar-refractivity contribution in [3.05, 3.63) is 44.8 Å². The number of carbonyl (C=O) groups excluding carboxylic acids is 1. The first-order valence-corrected chi connectivity index (χ1v) is 7.82. The Morgan fingerprint density at radius 3 is 2.50 bits per heavy atom. The van der Waals surface area contributed by atoms with Crippen molar-refractivity contribution in [1.29, 1.82) is 0 Å². The average molecular weight is 430 g/mol. The van der Waals surface area contributed by atoms with Gasteiger partial charge in [0.2, 0.25) is 0 Å². The molecule has 3 N–H and O–H groups in total. The molecule has 0 saturated carbocycles. The Bertz CT molecular complexity index is 720. The van der Waals surface area contributed by atoms with Crippen LogP contribution in [0.25, 0.3) is 0 Å². The third-order valence-electron chi connectivity index (χ3n) is 2.93.